The monoisotopic (exact) mass is 302 g/mol. The normalized spacial score (nSPS) is 29.3. The van der Waals surface area contributed by atoms with Gasteiger partial charge < -0.3 is 22.1 Å². The van der Waals surface area contributed by atoms with Crippen LogP contribution in [-0.4, -0.2) is 18.0 Å². The molecule has 2 fully saturated rings. The smallest absolute Gasteiger partial charge is 0.316 e. The van der Waals surface area contributed by atoms with Crippen molar-refractivity contribution in [3.8, 4) is 0 Å². The second-order valence-corrected chi connectivity index (χ2v) is 6.34. The number of rotatable bonds is 4. The number of benzene rings is 1. The molecular weight excluding hydrogens is 280 g/mol. The molecule has 0 spiro atoms. The summed E-state index contributed by atoms with van der Waals surface area (Å²) in [4.78, 5) is 23.1. The highest BCUT2D eigenvalue weighted by Crippen LogP contribution is 2.47. The third-order valence-corrected chi connectivity index (χ3v) is 4.97. The number of fused-ring (bicyclic) bond motifs is 2. The van der Waals surface area contributed by atoms with Gasteiger partial charge in [-0.25, -0.2) is 4.79 Å². The Hall–Kier alpha value is -2.08. The topological polar surface area (TPSA) is 110 Å². The van der Waals surface area contributed by atoms with E-state index in [-0.39, 0.29) is 17.9 Å². The first-order chi connectivity index (χ1) is 10.5. The molecule has 6 nitrogen and oxygen atoms in total. The lowest BCUT2D eigenvalue weighted by Crippen LogP contribution is -2.45. The number of nitrogens with one attached hydrogen (secondary N) is 2. The summed E-state index contributed by atoms with van der Waals surface area (Å²) in [5.74, 6) is 1.02. The number of carbonyl (C=O) groups is 2. The van der Waals surface area contributed by atoms with Crippen LogP contribution in [0.5, 0.6) is 0 Å². The molecule has 3 amide bonds. The van der Waals surface area contributed by atoms with Crippen LogP contribution in [0.1, 0.15) is 24.8 Å². The van der Waals surface area contributed by atoms with Crippen molar-refractivity contribution in [1.29, 1.82) is 0 Å². The largest absolute Gasteiger partial charge is 0.352 e. The molecule has 0 heterocycles. The summed E-state index contributed by atoms with van der Waals surface area (Å²) >= 11 is 0. The SMILES string of the molecule is NC(=O)Nc1ccc(CNC(=O)C2C3CCC(C3)C2N)cc1. The van der Waals surface area contributed by atoms with Crippen LogP contribution in [0.2, 0.25) is 0 Å². The van der Waals surface area contributed by atoms with Crippen molar-refractivity contribution in [2.45, 2.75) is 31.8 Å². The van der Waals surface area contributed by atoms with Crippen LogP contribution in [0.15, 0.2) is 24.3 Å². The predicted molar refractivity (Wildman–Crippen MR) is 83.8 cm³/mol. The number of anilines is 1. The van der Waals surface area contributed by atoms with Gasteiger partial charge in [-0.15, -0.1) is 0 Å². The molecule has 1 aromatic carbocycles. The predicted octanol–water partition coefficient (Wildman–Crippen LogP) is 1.17. The molecule has 2 bridgehead atoms. The van der Waals surface area contributed by atoms with Crippen molar-refractivity contribution in [2.24, 2.45) is 29.2 Å². The third kappa shape index (κ3) is 2.92. The maximum absolute atomic E-state index is 12.4. The third-order valence-electron chi connectivity index (χ3n) is 4.97. The maximum Gasteiger partial charge on any atom is 0.316 e. The minimum Gasteiger partial charge on any atom is -0.352 e. The molecular formula is C16H22N4O2. The molecule has 0 radical (unpaired) electrons. The number of amides is 3. The zero-order chi connectivity index (χ0) is 15.7. The molecule has 4 atom stereocenters. The van der Waals surface area contributed by atoms with Gasteiger partial charge in [-0.1, -0.05) is 12.1 Å². The van der Waals surface area contributed by atoms with Gasteiger partial charge in [-0.3, -0.25) is 4.79 Å². The van der Waals surface area contributed by atoms with Gasteiger partial charge >= 0.3 is 6.03 Å². The number of hydrogen-bond acceptors (Lipinski definition) is 3. The van der Waals surface area contributed by atoms with E-state index >= 15 is 0 Å². The Kier molecular flexibility index (Phi) is 4.02. The summed E-state index contributed by atoms with van der Waals surface area (Å²) in [6.45, 7) is 0.469. The van der Waals surface area contributed by atoms with Crippen LogP contribution in [-0.2, 0) is 11.3 Å². The van der Waals surface area contributed by atoms with Gasteiger partial charge in [0.25, 0.3) is 0 Å². The van der Waals surface area contributed by atoms with Crippen molar-refractivity contribution in [3.63, 3.8) is 0 Å². The van der Waals surface area contributed by atoms with E-state index in [1.54, 1.807) is 12.1 Å². The summed E-state index contributed by atoms with van der Waals surface area (Å²) in [5, 5.41) is 5.49. The number of primary amides is 1. The second kappa shape index (κ2) is 5.96. The van der Waals surface area contributed by atoms with E-state index in [4.69, 9.17) is 11.5 Å². The highest BCUT2D eigenvalue weighted by Gasteiger charge is 2.48. The summed E-state index contributed by atoms with van der Waals surface area (Å²) in [6.07, 6.45) is 3.40. The number of nitrogens with two attached hydrogens (primary N) is 2. The maximum atomic E-state index is 12.4. The molecule has 6 heteroatoms. The van der Waals surface area contributed by atoms with Crippen molar-refractivity contribution >= 4 is 17.6 Å². The molecule has 0 saturated heterocycles. The van der Waals surface area contributed by atoms with Gasteiger partial charge in [0.1, 0.15) is 0 Å². The van der Waals surface area contributed by atoms with Crippen LogP contribution in [0.3, 0.4) is 0 Å². The number of urea groups is 1. The van der Waals surface area contributed by atoms with Gasteiger partial charge in [0.05, 0.1) is 5.92 Å². The molecule has 0 aromatic heterocycles. The zero-order valence-corrected chi connectivity index (χ0v) is 12.4. The summed E-state index contributed by atoms with van der Waals surface area (Å²) in [5.41, 5.74) is 12.9. The number of carbonyl (C=O) groups excluding carboxylic acids is 2. The van der Waals surface area contributed by atoms with Crippen LogP contribution in [0.4, 0.5) is 10.5 Å². The van der Waals surface area contributed by atoms with Crippen molar-refractivity contribution in [1.82, 2.24) is 5.32 Å². The van der Waals surface area contributed by atoms with E-state index in [0.717, 1.165) is 18.4 Å². The first kappa shape index (κ1) is 14.8. The number of hydrogen-bond donors (Lipinski definition) is 4. The first-order valence-corrected chi connectivity index (χ1v) is 7.73. The van der Waals surface area contributed by atoms with E-state index in [0.29, 0.717) is 24.1 Å². The molecule has 22 heavy (non-hydrogen) atoms. The molecule has 6 N–H and O–H groups in total. The molecule has 1 aromatic rings. The fourth-order valence-electron chi connectivity index (χ4n) is 3.88. The highest BCUT2D eigenvalue weighted by atomic mass is 16.2. The first-order valence-electron chi connectivity index (χ1n) is 7.73. The minimum absolute atomic E-state index is 0.0147. The van der Waals surface area contributed by atoms with Crippen LogP contribution in [0, 0.1) is 17.8 Å². The molecule has 0 aliphatic heterocycles. The minimum atomic E-state index is -0.591. The van der Waals surface area contributed by atoms with E-state index in [9.17, 15) is 9.59 Å². The molecule has 118 valence electrons. The highest BCUT2D eigenvalue weighted by molar-refractivity contribution is 5.87. The Morgan fingerprint density at radius 2 is 1.82 bits per heavy atom. The average molecular weight is 302 g/mol. The van der Waals surface area contributed by atoms with Crippen LogP contribution >= 0.6 is 0 Å². The van der Waals surface area contributed by atoms with Gasteiger partial charge in [-0.2, -0.15) is 0 Å². The fraction of sp³-hybridized carbons (Fsp3) is 0.500. The Morgan fingerprint density at radius 1 is 1.14 bits per heavy atom. The quantitative estimate of drug-likeness (QED) is 0.670. The Balaban J connectivity index is 1.54. The lowest BCUT2D eigenvalue weighted by molar-refractivity contribution is -0.127. The molecule has 2 aliphatic carbocycles. The molecule has 3 rings (SSSR count). The van der Waals surface area contributed by atoms with Crippen LogP contribution < -0.4 is 22.1 Å². The zero-order valence-electron chi connectivity index (χ0n) is 12.4. The summed E-state index contributed by atoms with van der Waals surface area (Å²) in [7, 11) is 0. The Bertz CT molecular complexity index is 570. The standard InChI is InChI=1S/C16H22N4O2/c17-14-11-4-3-10(7-11)13(14)15(21)19-8-9-1-5-12(6-2-9)20-16(18)22/h1-2,5-6,10-11,13-14H,3-4,7-8,17H2,(H,19,21)(H3,18,20,22). The van der Waals surface area contributed by atoms with Gasteiger partial charge in [0, 0.05) is 18.3 Å². The van der Waals surface area contributed by atoms with Crippen molar-refractivity contribution < 1.29 is 9.59 Å². The summed E-state index contributed by atoms with van der Waals surface area (Å²) < 4.78 is 0. The molecule has 2 aliphatic rings. The van der Waals surface area contributed by atoms with Crippen molar-refractivity contribution in [2.75, 3.05) is 5.32 Å². The average Bonchev–Trinajstić information content (AvgIpc) is 3.06. The van der Waals surface area contributed by atoms with Gasteiger partial charge in [0.15, 0.2) is 0 Å². The van der Waals surface area contributed by atoms with Gasteiger partial charge in [-0.05, 0) is 48.8 Å². The van der Waals surface area contributed by atoms with Crippen molar-refractivity contribution in [3.05, 3.63) is 29.8 Å². The molecule has 2 saturated carbocycles. The van der Waals surface area contributed by atoms with E-state index < -0.39 is 6.03 Å². The van der Waals surface area contributed by atoms with E-state index in [2.05, 4.69) is 10.6 Å². The molecule has 4 unspecified atom stereocenters. The van der Waals surface area contributed by atoms with E-state index in [1.165, 1.54) is 6.42 Å². The van der Waals surface area contributed by atoms with Gasteiger partial charge in [0.2, 0.25) is 5.91 Å². The fourth-order valence-corrected chi connectivity index (χ4v) is 3.88. The lowest BCUT2D eigenvalue weighted by atomic mass is 9.84. The Morgan fingerprint density at radius 3 is 2.41 bits per heavy atom. The van der Waals surface area contributed by atoms with Crippen LogP contribution in [0.25, 0.3) is 0 Å². The van der Waals surface area contributed by atoms with E-state index in [1.807, 2.05) is 12.1 Å². The summed E-state index contributed by atoms with van der Waals surface area (Å²) in [6, 6.07) is 6.65. The second-order valence-electron chi connectivity index (χ2n) is 6.34. The lowest BCUT2D eigenvalue weighted by Gasteiger charge is -2.27. The Labute approximate surface area is 129 Å².